The fraction of sp³-hybridized carbons (Fsp3) is 0.125. The molecule has 0 aromatic heterocycles. The minimum absolute atomic E-state index is 0. The fourth-order valence-electron chi connectivity index (χ4n) is 0.722. The molecule has 0 spiro atoms. The van der Waals surface area contributed by atoms with Gasteiger partial charge in [-0.1, -0.05) is 12.1 Å². The Morgan fingerprint density at radius 2 is 2.00 bits per heavy atom. The van der Waals surface area contributed by atoms with Crippen LogP contribution in [0.25, 0.3) is 0 Å². The molecule has 1 N–H and O–H groups in total. The largest absolute Gasteiger partial charge is 1.00 e. The van der Waals surface area contributed by atoms with Crippen molar-refractivity contribution < 1.29 is 45.6 Å². The number of ether oxygens (including phenoxy) is 1. The van der Waals surface area contributed by atoms with E-state index >= 15 is 0 Å². The van der Waals surface area contributed by atoms with Crippen LogP contribution in [0.2, 0.25) is 0 Å². The summed E-state index contributed by atoms with van der Waals surface area (Å²) in [5, 5.41) is 8.87. The van der Waals surface area contributed by atoms with Gasteiger partial charge in [-0.15, -0.1) is 0 Å². The molecule has 0 aliphatic heterocycles. The van der Waals surface area contributed by atoms with Gasteiger partial charge in [0.1, 0.15) is 12.4 Å². The van der Waals surface area contributed by atoms with E-state index in [1.165, 1.54) is 0 Å². The van der Waals surface area contributed by atoms with Crippen LogP contribution in [-0.2, 0) is 16.1 Å². The smallest absolute Gasteiger partial charge is 1.00 e. The summed E-state index contributed by atoms with van der Waals surface area (Å²) in [6.45, 7) is 0.649. The quantitative estimate of drug-likeness (QED) is 0.436. The summed E-state index contributed by atoms with van der Waals surface area (Å²) in [5.41, 5.74) is 0.856. The van der Waals surface area contributed by atoms with Crippen molar-refractivity contribution in [2.24, 2.45) is 0 Å². The van der Waals surface area contributed by atoms with E-state index in [2.05, 4.69) is 4.74 Å². The zero-order valence-corrected chi connectivity index (χ0v) is 8.86. The Labute approximate surface area is 94.1 Å². The summed E-state index contributed by atoms with van der Waals surface area (Å²) in [6.07, 6.45) is 0. The second-order valence-electron chi connectivity index (χ2n) is 2.07. The molecule has 1 aromatic carbocycles. The maximum atomic E-state index is 9.77. The van der Waals surface area contributed by atoms with Crippen LogP contribution in [0.5, 0.6) is 5.75 Å². The average Bonchev–Trinajstić information content (AvgIpc) is 2.04. The van der Waals surface area contributed by atoms with Crippen LogP contribution in [0, 0.1) is 0 Å². The Morgan fingerprint density at radius 3 is 2.50 bits per heavy atom. The van der Waals surface area contributed by atoms with Crippen molar-refractivity contribution in [3.63, 3.8) is 0 Å². The number of aromatic hydroxyl groups is 1. The number of benzene rings is 1. The number of phenolic OH excluding ortho intramolecular Hbond substituents is 1. The number of carbonyl (C=O) groups excluding carboxylic acids is 1. The van der Waals surface area contributed by atoms with Crippen molar-refractivity contribution in [3.8, 4) is 5.75 Å². The van der Waals surface area contributed by atoms with Crippen LogP contribution in [0.3, 0.4) is 0 Å². The van der Waals surface area contributed by atoms with Gasteiger partial charge in [0.25, 0.3) is 6.47 Å². The van der Waals surface area contributed by atoms with Gasteiger partial charge in [0.05, 0.1) is 0 Å². The molecule has 0 unspecified atom stereocenters. The van der Waals surface area contributed by atoms with E-state index in [4.69, 9.17) is 5.11 Å². The van der Waals surface area contributed by atoms with Gasteiger partial charge in [-0.3, -0.25) is 4.79 Å². The molecule has 0 bridgehead atoms. The Bertz CT molecular complexity index is 238. The number of phenols is 1. The van der Waals surface area contributed by atoms with Crippen molar-refractivity contribution in [2.45, 2.75) is 6.61 Å². The van der Waals surface area contributed by atoms with Gasteiger partial charge in [-0.05, 0) is 17.7 Å². The minimum Gasteiger partial charge on any atom is -1.00 e. The van der Waals surface area contributed by atoms with E-state index in [0.29, 0.717) is 6.47 Å². The molecule has 0 heterocycles. The monoisotopic (exact) mass is 176 g/mol. The third-order valence-electron chi connectivity index (χ3n) is 1.25. The van der Waals surface area contributed by atoms with Gasteiger partial charge in [-0.2, -0.15) is 0 Å². The van der Waals surface area contributed by atoms with Crippen LogP contribution in [-0.4, -0.2) is 11.6 Å². The molecule has 0 saturated carbocycles. The van der Waals surface area contributed by atoms with Gasteiger partial charge < -0.3 is 11.3 Å². The van der Waals surface area contributed by atoms with Gasteiger partial charge in [0, 0.05) is 0 Å². The molecule has 60 valence electrons. The summed E-state index contributed by atoms with van der Waals surface area (Å²) in [4.78, 5) is 9.77. The van der Waals surface area contributed by atoms with Crippen LogP contribution in [0.15, 0.2) is 24.3 Å². The molecule has 1 aromatic rings. The zero-order chi connectivity index (χ0) is 8.10. The van der Waals surface area contributed by atoms with Crippen LogP contribution in [0.4, 0.5) is 0 Å². The first kappa shape index (κ1) is 11.5. The molecular weight excluding hydrogens is 167 g/mol. The number of carbonyl (C=O) groups is 1. The van der Waals surface area contributed by atoms with Crippen molar-refractivity contribution in [1.29, 1.82) is 0 Å². The Hall–Kier alpha value is -0.510. The van der Waals surface area contributed by atoms with Gasteiger partial charge in [-0.25, -0.2) is 0 Å². The molecule has 0 aliphatic rings. The van der Waals surface area contributed by atoms with E-state index in [9.17, 15) is 4.79 Å². The normalized spacial score (nSPS) is 8.33. The Kier molecular flexibility index (Phi) is 5.80. The maximum absolute atomic E-state index is 9.77. The molecule has 0 fully saturated rings. The first-order valence-corrected chi connectivity index (χ1v) is 3.16. The predicted molar refractivity (Wildman–Crippen MR) is 40.1 cm³/mol. The first-order chi connectivity index (χ1) is 5.33. The zero-order valence-electron chi connectivity index (χ0n) is 7.86. The molecule has 0 amide bonds. The molecular formula is C8H9NaO3. The van der Waals surface area contributed by atoms with Crippen molar-refractivity contribution in [1.82, 2.24) is 0 Å². The molecule has 0 aliphatic carbocycles. The SMILES string of the molecule is O=COCc1ccc(O)cc1.[H-].[Na+]. The molecule has 3 nitrogen and oxygen atoms in total. The van der Waals surface area contributed by atoms with Crippen LogP contribution < -0.4 is 29.6 Å². The van der Waals surface area contributed by atoms with E-state index in [1.807, 2.05) is 0 Å². The van der Waals surface area contributed by atoms with E-state index in [0.717, 1.165) is 5.56 Å². The van der Waals surface area contributed by atoms with Crippen LogP contribution >= 0.6 is 0 Å². The average molecular weight is 176 g/mol. The maximum Gasteiger partial charge on any atom is 1.00 e. The van der Waals surface area contributed by atoms with E-state index in [1.54, 1.807) is 24.3 Å². The molecule has 0 radical (unpaired) electrons. The summed E-state index contributed by atoms with van der Waals surface area (Å²) < 4.78 is 4.50. The van der Waals surface area contributed by atoms with Gasteiger partial charge in [0.2, 0.25) is 0 Å². The third-order valence-corrected chi connectivity index (χ3v) is 1.25. The van der Waals surface area contributed by atoms with E-state index < -0.39 is 0 Å². The summed E-state index contributed by atoms with van der Waals surface area (Å²) in [6, 6.07) is 6.48. The number of hydrogen-bond donors (Lipinski definition) is 1. The number of rotatable bonds is 3. The third kappa shape index (κ3) is 3.76. The molecule has 1 rings (SSSR count). The van der Waals surface area contributed by atoms with Crippen LogP contribution in [0.1, 0.15) is 6.99 Å². The number of hydrogen-bond acceptors (Lipinski definition) is 3. The van der Waals surface area contributed by atoms with Gasteiger partial charge in [0.15, 0.2) is 0 Å². The molecule has 12 heavy (non-hydrogen) atoms. The Balaban J connectivity index is 0. The fourth-order valence-corrected chi connectivity index (χ4v) is 0.722. The summed E-state index contributed by atoms with van der Waals surface area (Å²) in [5.74, 6) is 0.208. The molecule has 4 heteroatoms. The summed E-state index contributed by atoms with van der Waals surface area (Å²) in [7, 11) is 0. The standard InChI is InChI=1S/C8H8O3.Na.H/c9-6-11-5-7-1-3-8(10)4-2-7;;/h1-4,6,10H,5H2;;/q;+1;-1. The first-order valence-electron chi connectivity index (χ1n) is 3.16. The van der Waals surface area contributed by atoms with Crippen molar-refractivity contribution >= 4 is 6.47 Å². The predicted octanol–water partition coefficient (Wildman–Crippen LogP) is -1.82. The summed E-state index contributed by atoms with van der Waals surface area (Å²) >= 11 is 0. The second-order valence-corrected chi connectivity index (χ2v) is 2.07. The van der Waals surface area contributed by atoms with Gasteiger partial charge >= 0.3 is 29.6 Å². The van der Waals surface area contributed by atoms with Crippen molar-refractivity contribution in [2.75, 3.05) is 0 Å². The molecule has 0 saturated heterocycles. The topological polar surface area (TPSA) is 46.5 Å². The Morgan fingerprint density at radius 1 is 1.42 bits per heavy atom. The van der Waals surface area contributed by atoms with Crippen molar-refractivity contribution in [3.05, 3.63) is 29.8 Å². The molecule has 0 atom stereocenters. The second kappa shape index (κ2) is 6.06. The minimum atomic E-state index is 0. The van der Waals surface area contributed by atoms with E-state index in [-0.39, 0.29) is 43.3 Å².